The van der Waals surface area contributed by atoms with E-state index in [0.29, 0.717) is 24.7 Å². The van der Waals surface area contributed by atoms with Crippen molar-refractivity contribution in [3.05, 3.63) is 48.3 Å². The molecule has 6 heteroatoms. The van der Waals surface area contributed by atoms with Gasteiger partial charge in [-0.25, -0.2) is 0 Å². The summed E-state index contributed by atoms with van der Waals surface area (Å²) in [7, 11) is 1.67. The minimum atomic E-state index is 0.0614. The highest BCUT2D eigenvalue weighted by Crippen LogP contribution is 2.25. The molecular weight excluding hydrogens is 328 g/mol. The lowest BCUT2D eigenvalue weighted by atomic mass is 10.2. The van der Waals surface area contributed by atoms with Crippen LogP contribution in [0.5, 0.6) is 5.75 Å². The Bertz CT molecular complexity index is 766. The molecule has 1 aromatic heterocycles. The molecule has 2 heterocycles. The third-order valence-electron chi connectivity index (χ3n) is 4.94. The first-order valence-electron chi connectivity index (χ1n) is 9.13. The monoisotopic (exact) mass is 352 g/mol. The maximum Gasteiger partial charge on any atom is 0.255 e. The van der Waals surface area contributed by atoms with Gasteiger partial charge in [0, 0.05) is 50.3 Å². The second-order valence-corrected chi connectivity index (χ2v) is 6.86. The highest BCUT2D eigenvalue weighted by Gasteiger charge is 2.24. The summed E-state index contributed by atoms with van der Waals surface area (Å²) in [5.74, 6) is 0.918. The quantitative estimate of drug-likeness (QED) is 0.896. The molecule has 26 heavy (non-hydrogen) atoms. The molecule has 0 unspecified atom stereocenters. The van der Waals surface area contributed by atoms with Gasteiger partial charge < -0.3 is 19.9 Å². The number of amides is 1. The summed E-state index contributed by atoms with van der Waals surface area (Å²) in [6, 6.07) is 10.5. The first kappa shape index (κ1) is 16.7. The number of aromatic nitrogens is 1. The Balaban J connectivity index is 1.36. The van der Waals surface area contributed by atoms with Gasteiger partial charge in [0.1, 0.15) is 5.75 Å². The van der Waals surface area contributed by atoms with Crippen LogP contribution in [0.2, 0.25) is 0 Å². The van der Waals surface area contributed by atoms with Crippen molar-refractivity contribution in [2.45, 2.75) is 18.9 Å². The lowest BCUT2D eigenvalue weighted by molar-refractivity contribution is 0.0746. The Morgan fingerprint density at radius 1 is 1.12 bits per heavy atom. The molecular formula is C20H24N4O2. The number of carbonyl (C=O) groups is 1. The molecule has 6 nitrogen and oxygen atoms in total. The van der Waals surface area contributed by atoms with Crippen molar-refractivity contribution >= 4 is 17.3 Å². The van der Waals surface area contributed by atoms with Gasteiger partial charge in [-0.15, -0.1) is 0 Å². The fourth-order valence-corrected chi connectivity index (χ4v) is 3.24. The highest BCUT2D eigenvalue weighted by molar-refractivity contribution is 5.95. The molecule has 1 saturated heterocycles. The van der Waals surface area contributed by atoms with Crippen LogP contribution in [0.15, 0.2) is 42.7 Å². The summed E-state index contributed by atoms with van der Waals surface area (Å²) in [6.07, 6.45) is 5.85. The Hall–Kier alpha value is -2.76. The zero-order valence-corrected chi connectivity index (χ0v) is 15.0. The van der Waals surface area contributed by atoms with Crippen LogP contribution in [0.25, 0.3) is 0 Å². The first-order valence-corrected chi connectivity index (χ1v) is 9.13. The van der Waals surface area contributed by atoms with Crippen LogP contribution in [0.3, 0.4) is 0 Å². The molecule has 1 saturated carbocycles. The minimum Gasteiger partial charge on any atom is -0.497 e. The minimum absolute atomic E-state index is 0.0614. The smallest absolute Gasteiger partial charge is 0.255 e. The van der Waals surface area contributed by atoms with Crippen molar-refractivity contribution in [1.82, 2.24) is 9.88 Å². The van der Waals surface area contributed by atoms with E-state index in [9.17, 15) is 4.79 Å². The summed E-state index contributed by atoms with van der Waals surface area (Å²) >= 11 is 0. The number of carbonyl (C=O) groups excluding carboxylic acids is 1. The standard InChI is InChI=1S/C20H24N4O2/c1-26-19-6-4-18(5-7-19)23-8-10-24(11-9-23)20(25)15-12-17(14-21-13-15)22-16-2-3-16/h4-7,12-14,16,22H,2-3,8-11H2,1H3. The Morgan fingerprint density at radius 3 is 2.50 bits per heavy atom. The number of benzene rings is 1. The second-order valence-electron chi connectivity index (χ2n) is 6.86. The van der Waals surface area contributed by atoms with Gasteiger partial charge in [-0.1, -0.05) is 0 Å². The molecule has 0 atom stereocenters. The van der Waals surface area contributed by atoms with Crippen molar-refractivity contribution in [1.29, 1.82) is 0 Å². The average Bonchev–Trinajstić information content (AvgIpc) is 3.52. The number of hydrogen-bond acceptors (Lipinski definition) is 5. The van der Waals surface area contributed by atoms with Crippen LogP contribution < -0.4 is 15.0 Å². The van der Waals surface area contributed by atoms with Crippen LogP contribution in [-0.4, -0.2) is 55.1 Å². The van der Waals surface area contributed by atoms with Gasteiger partial charge in [0.25, 0.3) is 5.91 Å². The van der Waals surface area contributed by atoms with E-state index in [1.54, 1.807) is 19.5 Å². The molecule has 1 amide bonds. The van der Waals surface area contributed by atoms with E-state index < -0.39 is 0 Å². The zero-order valence-electron chi connectivity index (χ0n) is 15.0. The molecule has 1 aliphatic heterocycles. The topological polar surface area (TPSA) is 57.7 Å². The Morgan fingerprint density at radius 2 is 1.85 bits per heavy atom. The maximum absolute atomic E-state index is 12.8. The molecule has 1 aliphatic carbocycles. The van der Waals surface area contributed by atoms with Crippen LogP contribution in [0.4, 0.5) is 11.4 Å². The SMILES string of the molecule is COc1ccc(N2CCN(C(=O)c3cncc(NC4CC4)c3)CC2)cc1. The molecule has 136 valence electrons. The third-order valence-corrected chi connectivity index (χ3v) is 4.94. The fraction of sp³-hybridized carbons (Fsp3) is 0.400. The lowest BCUT2D eigenvalue weighted by Gasteiger charge is -2.36. The average molecular weight is 352 g/mol. The fourth-order valence-electron chi connectivity index (χ4n) is 3.24. The van der Waals surface area contributed by atoms with Gasteiger partial charge in [-0.3, -0.25) is 9.78 Å². The van der Waals surface area contributed by atoms with Gasteiger partial charge in [-0.05, 0) is 43.2 Å². The van der Waals surface area contributed by atoms with E-state index in [1.165, 1.54) is 12.8 Å². The number of hydrogen-bond donors (Lipinski definition) is 1. The molecule has 2 fully saturated rings. The van der Waals surface area contributed by atoms with E-state index in [4.69, 9.17) is 4.74 Å². The van der Waals surface area contributed by atoms with Crippen molar-refractivity contribution in [2.24, 2.45) is 0 Å². The first-order chi connectivity index (χ1) is 12.7. The number of methoxy groups -OCH3 is 1. The number of ether oxygens (including phenoxy) is 1. The predicted molar refractivity (Wildman–Crippen MR) is 102 cm³/mol. The van der Waals surface area contributed by atoms with Crippen molar-refractivity contribution in [3.8, 4) is 5.75 Å². The zero-order chi connectivity index (χ0) is 17.9. The largest absolute Gasteiger partial charge is 0.497 e. The van der Waals surface area contributed by atoms with E-state index in [2.05, 4.69) is 27.3 Å². The second kappa shape index (κ2) is 7.23. The number of pyridine rings is 1. The van der Waals surface area contributed by atoms with Crippen LogP contribution >= 0.6 is 0 Å². The molecule has 0 spiro atoms. The number of nitrogens with zero attached hydrogens (tertiary/aromatic N) is 3. The van der Waals surface area contributed by atoms with Crippen molar-refractivity contribution < 1.29 is 9.53 Å². The number of rotatable bonds is 5. The normalized spacial score (nSPS) is 17.1. The van der Waals surface area contributed by atoms with Crippen LogP contribution in [0, 0.1) is 0 Å². The Kier molecular flexibility index (Phi) is 4.65. The van der Waals surface area contributed by atoms with E-state index in [-0.39, 0.29) is 5.91 Å². The molecule has 1 N–H and O–H groups in total. The van der Waals surface area contributed by atoms with E-state index >= 15 is 0 Å². The number of anilines is 2. The van der Waals surface area contributed by atoms with Gasteiger partial charge in [0.05, 0.1) is 18.4 Å². The van der Waals surface area contributed by atoms with Gasteiger partial charge in [0.2, 0.25) is 0 Å². The summed E-state index contributed by atoms with van der Waals surface area (Å²) in [5, 5.41) is 3.40. The summed E-state index contributed by atoms with van der Waals surface area (Å²) in [4.78, 5) is 21.2. The maximum atomic E-state index is 12.8. The summed E-state index contributed by atoms with van der Waals surface area (Å²) in [6.45, 7) is 3.08. The van der Waals surface area contributed by atoms with E-state index in [1.807, 2.05) is 23.1 Å². The van der Waals surface area contributed by atoms with Crippen LogP contribution in [-0.2, 0) is 0 Å². The van der Waals surface area contributed by atoms with E-state index in [0.717, 1.165) is 30.2 Å². The molecule has 4 rings (SSSR count). The molecule has 2 aromatic rings. The van der Waals surface area contributed by atoms with Gasteiger partial charge in [-0.2, -0.15) is 0 Å². The molecule has 1 aromatic carbocycles. The number of piperazine rings is 1. The lowest BCUT2D eigenvalue weighted by Crippen LogP contribution is -2.48. The third kappa shape index (κ3) is 3.74. The predicted octanol–water partition coefficient (Wildman–Crippen LogP) is 2.63. The Labute approximate surface area is 153 Å². The van der Waals surface area contributed by atoms with Gasteiger partial charge in [0.15, 0.2) is 0 Å². The summed E-state index contributed by atoms with van der Waals surface area (Å²) < 4.78 is 5.21. The molecule has 2 aliphatic rings. The van der Waals surface area contributed by atoms with Crippen LogP contribution in [0.1, 0.15) is 23.2 Å². The van der Waals surface area contributed by atoms with Gasteiger partial charge >= 0.3 is 0 Å². The van der Waals surface area contributed by atoms with Crippen molar-refractivity contribution in [2.75, 3.05) is 43.5 Å². The van der Waals surface area contributed by atoms with Crippen molar-refractivity contribution in [3.63, 3.8) is 0 Å². The number of nitrogens with one attached hydrogen (secondary N) is 1. The molecule has 0 radical (unpaired) electrons. The summed E-state index contributed by atoms with van der Waals surface area (Å²) in [5.41, 5.74) is 2.76. The highest BCUT2D eigenvalue weighted by atomic mass is 16.5. The molecule has 0 bridgehead atoms.